The van der Waals surface area contributed by atoms with Crippen LogP contribution in [0.1, 0.15) is 61.1 Å². The van der Waals surface area contributed by atoms with Crippen molar-refractivity contribution in [1.82, 2.24) is 9.55 Å². The van der Waals surface area contributed by atoms with Crippen molar-refractivity contribution >= 4 is 5.97 Å². The molecule has 0 radical (unpaired) electrons. The Bertz CT molecular complexity index is 1070. The van der Waals surface area contributed by atoms with Crippen LogP contribution in [-0.4, -0.2) is 48.1 Å². The number of nitrogens with zero attached hydrogens (tertiary/aromatic N) is 2. The van der Waals surface area contributed by atoms with Crippen molar-refractivity contribution in [3.63, 3.8) is 0 Å². The molecule has 2 aromatic rings. The highest BCUT2D eigenvalue weighted by Gasteiger charge is 2.48. The van der Waals surface area contributed by atoms with Crippen LogP contribution in [0.15, 0.2) is 23.1 Å². The van der Waals surface area contributed by atoms with E-state index in [9.17, 15) is 14.7 Å². The average molecular weight is 428 g/mol. The predicted molar refractivity (Wildman–Crippen MR) is 114 cm³/mol. The Kier molecular flexibility index (Phi) is 5.51. The van der Waals surface area contributed by atoms with E-state index in [2.05, 4.69) is 13.8 Å². The number of pyridine rings is 2. The number of carbonyl (C=O) groups is 1. The SMILES string of the molecule is COCCCOc1nc2c(cc1OC)-c1cc(=O)c(C(=O)O)cn1[C@H]1[C@H]2CCC1(C)C. The fourth-order valence-corrected chi connectivity index (χ4v) is 4.99. The first-order valence-electron chi connectivity index (χ1n) is 10.5. The Balaban J connectivity index is 1.88. The summed E-state index contributed by atoms with van der Waals surface area (Å²) in [6.45, 7) is 5.40. The van der Waals surface area contributed by atoms with Gasteiger partial charge in [0, 0.05) is 49.9 Å². The summed E-state index contributed by atoms with van der Waals surface area (Å²) in [5.41, 5.74) is 1.51. The van der Waals surface area contributed by atoms with E-state index in [4.69, 9.17) is 19.2 Å². The van der Waals surface area contributed by atoms with Crippen LogP contribution in [0.2, 0.25) is 0 Å². The topological polar surface area (TPSA) is 99.9 Å². The first kappa shape index (κ1) is 21.4. The number of carboxylic acid groups (broad SMARTS) is 1. The van der Waals surface area contributed by atoms with Crippen molar-refractivity contribution in [3.8, 4) is 22.9 Å². The molecule has 8 nitrogen and oxygen atoms in total. The second kappa shape index (κ2) is 8.00. The highest BCUT2D eigenvalue weighted by atomic mass is 16.5. The minimum Gasteiger partial charge on any atom is -0.491 e. The van der Waals surface area contributed by atoms with Gasteiger partial charge in [-0.2, -0.15) is 0 Å². The van der Waals surface area contributed by atoms with Crippen LogP contribution in [0.25, 0.3) is 11.3 Å². The lowest BCUT2D eigenvalue weighted by Gasteiger charge is -2.39. The van der Waals surface area contributed by atoms with E-state index in [-0.39, 0.29) is 22.9 Å². The van der Waals surface area contributed by atoms with Crippen LogP contribution >= 0.6 is 0 Å². The third kappa shape index (κ3) is 3.59. The van der Waals surface area contributed by atoms with Crippen molar-refractivity contribution in [2.75, 3.05) is 27.4 Å². The lowest BCUT2D eigenvalue weighted by molar-refractivity contribution is 0.0693. The van der Waals surface area contributed by atoms with Gasteiger partial charge < -0.3 is 23.9 Å². The smallest absolute Gasteiger partial charge is 0.341 e. The number of fused-ring (bicyclic) bond motifs is 6. The van der Waals surface area contributed by atoms with Gasteiger partial charge in [0.05, 0.1) is 25.1 Å². The van der Waals surface area contributed by atoms with Gasteiger partial charge in [-0.3, -0.25) is 4.79 Å². The van der Waals surface area contributed by atoms with Gasteiger partial charge in [0.1, 0.15) is 5.56 Å². The van der Waals surface area contributed by atoms with E-state index in [1.807, 2.05) is 10.6 Å². The number of hydrogen-bond acceptors (Lipinski definition) is 6. The molecule has 8 heteroatoms. The zero-order valence-corrected chi connectivity index (χ0v) is 18.3. The largest absolute Gasteiger partial charge is 0.491 e. The predicted octanol–water partition coefficient (Wildman–Crippen LogP) is 3.49. The van der Waals surface area contributed by atoms with Gasteiger partial charge in [0.2, 0.25) is 0 Å². The number of ether oxygens (including phenoxy) is 3. The molecule has 2 atom stereocenters. The number of rotatable bonds is 7. The second-order valence-corrected chi connectivity index (χ2v) is 8.85. The minimum atomic E-state index is -1.21. The molecule has 31 heavy (non-hydrogen) atoms. The van der Waals surface area contributed by atoms with Gasteiger partial charge >= 0.3 is 5.97 Å². The molecule has 166 valence electrons. The minimum absolute atomic E-state index is 0.00376. The molecule has 0 amide bonds. The van der Waals surface area contributed by atoms with Crippen LogP contribution in [0.5, 0.6) is 11.6 Å². The van der Waals surface area contributed by atoms with E-state index in [0.717, 1.165) is 30.5 Å². The summed E-state index contributed by atoms with van der Waals surface area (Å²) in [4.78, 5) is 29.0. The van der Waals surface area contributed by atoms with Crippen LogP contribution in [-0.2, 0) is 4.74 Å². The van der Waals surface area contributed by atoms with Crippen LogP contribution < -0.4 is 14.9 Å². The summed E-state index contributed by atoms with van der Waals surface area (Å²) in [5.74, 6) is -0.213. The molecule has 1 aliphatic heterocycles. The van der Waals surface area contributed by atoms with Crippen LogP contribution in [0.4, 0.5) is 0 Å². The molecule has 0 spiro atoms. The summed E-state index contributed by atoms with van der Waals surface area (Å²) in [6.07, 6.45) is 4.11. The Morgan fingerprint density at radius 1 is 1.29 bits per heavy atom. The zero-order valence-electron chi connectivity index (χ0n) is 18.3. The molecule has 1 aliphatic carbocycles. The Labute approximate surface area is 180 Å². The van der Waals surface area contributed by atoms with E-state index in [1.165, 1.54) is 12.3 Å². The maximum absolute atomic E-state index is 12.5. The van der Waals surface area contributed by atoms with Crippen molar-refractivity contribution < 1.29 is 24.1 Å². The lowest BCUT2D eigenvalue weighted by atomic mass is 9.79. The Morgan fingerprint density at radius 3 is 2.74 bits per heavy atom. The third-order valence-electron chi connectivity index (χ3n) is 6.45. The maximum Gasteiger partial charge on any atom is 0.341 e. The van der Waals surface area contributed by atoms with Gasteiger partial charge in [-0.15, -0.1) is 0 Å². The monoisotopic (exact) mass is 428 g/mol. The maximum atomic E-state index is 12.5. The molecule has 0 unspecified atom stereocenters. The molecular weight excluding hydrogens is 400 g/mol. The Hall–Kier alpha value is -2.87. The molecule has 0 aromatic carbocycles. The molecule has 4 rings (SSSR count). The highest BCUT2D eigenvalue weighted by Crippen LogP contribution is 2.59. The van der Waals surface area contributed by atoms with Gasteiger partial charge in [0.15, 0.2) is 11.2 Å². The van der Waals surface area contributed by atoms with Crippen molar-refractivity contribution in [2.45, 2.75) is 45.1 Å². The Morgan fingerprint density at radius 2 is 2.06 bits per heavy atom. The lowest BCUT2D eigenvalue weighted by Crippen LogP contribution is -2.32. The summed E-state index contributed by atoms with van der Waals surface area (Å²) in [6, 6.07) is 3.25. The fourth-order valence-electron chi connectivity index (χ4n) is 4.99. The van der Waals surface area contributed by atoms with E-state index in [0.29, 0.717) is 30.5 Å². The van der Waals surface area contributed by atoms with Gasteiger partial charge in [-0.1, -0.05) is 13.8 Å². The van der Waals surface area contributed by atoms with E-state index < -0.39 is 11.4 Å². The summed E-state index contributed by atoms with van der Waals surface area (Å²) >= 11 is 0. The number of carboxylic acids is 1. The number of aromatic nitrogens is 2. The molecule has 2 aromatic heterocycles. The molecule has 1 saturated carbocycles. The van der Waals surface area contributed by atoms with E-state index >= 15 is 0 Å². The van der Waals surface area contributed by atoms with Crippen LogP contribution in [0, 0.1) is 5.41 Å². The van der Waals surface area contributed by atoms with Gasteiger partial charge in [0.25, 0.3) is 5.88 Å². The third-order valence-corrected chi connectivity index (χ3v) is 6.45. The van der Waals surface area contributed by atoms with Gasteiger partial charge in [-0.25, -0.2) is 9.78 Å². The summed E-state index contributed by atoms with van der Waals surface area (Å²) in [5, 5.41) is 9.50. The first-order chi connectivity index (χ1) is 14.8. The molecule has 0 bridgehead atoms. The fraction of sp³-hybridized carbons (Fsp3) is 0.522. The number of methoxy groups -OCH3 is 2. The average Bonchev–Trinajstić information content (AvgIpc) is 3.05. The van der Waals surface area contributed by atoms with Gasteiger partial charge in [-0.05, 0) is 24.3 Å². The van der Waals surface area contributed by atoms with Crippen molar-refractivity contribution in [3.05, 3.63) is 39.8 Å². The first-order valence-corrected chi connectivity index (χ1v) is 10.5. The highest BCUT2D eigenvalue weighted by molar-refractivity contribution is 5.87. The molecule has 1 N–H and O–H groups in total. The molecular formula is C23H28N2O6. The van der Waals surface area contributed by atoms with Crippen LogP contribution in [0.3, 0.4) is 0 Å². The molecule has 0 saturated heterocycles. The van der Waals surface area contributed by atoms with Crippen molar-refractivity contribution in [2.24, 2.45) is 5.41 Å². The number of hydrogen-bond donors (Lipinski definition) is 1. The molecule has 3 heterocycles. The van der Waals surface area contributed by atoms with Crippen molar-refractivity contribution in [1.29, 1.82) is 0 Å². The standard InChI is InChI=1S/C23H28N2O6/c1-23(2)7-6-13-19-14(10-18(30-4)21(24-19)31-9-5-8-29-3)16-11-17(26)15(22(27)28)12-25(16)20(13)23/h10-13,20H,5-9H2,1-4H3,(H,27,28)/t13-,20-/m0/s1. The normalized spacial score (nSPS) is 20.5. The summed E-state index contributed by atoms with van der Waals surface area (Å²) < 4.78 is 18.5. The molecule has 2 aliphatic rings. The quantitative estimate of drug-likeness (QED) is 0.674. The van der Waals surface area contributed by atoms with E-state index in [1.54, 1.807) is 14.2 Å². The zero-order chi connectivity index (χ0) is 22.3. The second-order valence-electron chi connectivity index (χ2n) is 8.85. The summed E-state index contributed by atoms with van der Waals surface area (Å²) in [7, 11) is 3.20. The molecule has 1 fully saturated rings. The number of aromatic carboxylic acids is 1.